The van der Waals surface area contributed by atoms with E-state index >= 15 is 0 Å². The number of hydrogen-bond acceptors (Lipinski definition) is 18. The monoisotopic (exact) mass is 1140 g/mol. The van der Waals surface area contributed by atoms with E-state index in [9.17, 15) is 27.0 Å². The van der Waals surface area contributed by atoms with Gasteiger partial charge in [0.15, 0.2) is 0 Å². The van der Waals surface area contributed by atoms with Crippen molar-refractivity contribution in [1.29, 1.82) is 14.3 Å². The molecule has 3 amide bonds. The quantitative estimate of drug-likeness (QED) is 0.0590. The summed E-state index contributed by atoms with van der Waals surface area (Å²) in [5, 5.41) is 1.57. The molecule has 4 aliphatic rings. The molecule has 3 aromatic carbocycles. The molecule has 1 saturated heterocycles. The first kappa shape index (κ1) is 56.4. The molecule has 0 saturated carbocycles. The molecule has 5 aromatic rings. The smallest absolute Gasteiger partial charge is 0.233 e. The number of anilines is 4. The van der Waals surface area contributed by atoms with Crippen LogP contribution in [0.3, 0.4) is 0 Å². The van der Waals surface area contributed by atoms with Crippen molar-refractivity contribution < 1.29 is 27.0 Å². The van der Waals surface area contributed by atoms with Crippen molar-refractivity contribution in [2.75, 3.05) is 38.5 Å². The van der Waals surface area contributed by atoms with Gasteiger partial charge in [0.25, 0.3) is 0 Å². The molecule has 9 rings (SSSR count). The lowest BCUT2D eigenvalue weighted by atomic mass is 10.0. The van der Waals surface area contributed by atoms with Gasteiger partial charge in [-0.25, -0.2) is 56.9 Å². The lowest BCUT2D eigenvalue weighted by molar-refractivity contribution is -0.129. The Bertz CT molecular complexity index is 3270. The summed E-state index contributed by atoms with van der Waals surface area (Å²) in [7, 11) is -9.36. The topological polar surface area (TPSA) is 338 Å². The highest BCUT2D eigenvalue weighted by atomic mass is 35.5. The van der Waals surface area contributed by atoms with Gasteiger partial charge in [0, 0.05) is 56.4 Å². The molecule has 0 spiro atoms. The van der Waals surface area contributed by atoms with E-state index in [0.29, 0.717) is 76.7 Å². The van der Waals surface area contributed by atoms with Crippen molar-refractivity contribution >= 4 is 116 Å². The minimum Gasteiger partial charge on any atom is -0.387 e. The van der Waals surface area contributed by atoms with Crippen LogP contribution in [0.25, 0.3) is 0 Å². The van der Waals surface area contributed by atoms with Crippen LogP contribution in [0.1, 0.15) is 74.3 Å². The van der Waals surface area contributed by atoms with E-state index in [1.165, 1.54) is 9.80 Å². The van der Waals surface area contributed by atoms with Crippen LogP contribution in [0.5, 0.6) is 0 Å². The van der Waals surface area contributed by atoms with Crippen molar-refractivity contribution in [1.82, 2.24) is 24.8 Å². The molecule has 21 nitrogen and oxygen atoms in total. The zero-order valence-electron chi connectivity index (χ0n) is 41.1. The first-order valence-corrected chi connectivity index (χ1v) is 29.9. The molecule has 5 atom stereocenters. The summed E-state index contributed by atoms with van der Waals surface area (Å²) >= 11 is 17.7. The third-order valence-corrected chi connectivity index (χ3v) is 18.2. The van der Waals surface area contributed by atoms with Crippen molar-refractivity contribution in [3.8, 4) is 0 Å². The maximum atomic E-state index is 12.5. The Hall–Kier alpha value is -6.31. The zero-order chi connectivity index (χ0) is 54.6. The Morgan fingerprint density at radius 1 is 0.560 bits per heavy atom. The number of fused-ring (bicyclic) bond motifs is 3. The Morgan fingerprint density at radius 2 is 0.933 bits per heavy atom. The van der Waals surface area contributed by atoms with Crippen LogP contribution < -0.4 is 27.0 Å². The van der Waals surface area contributed by atoms with E-state index in [4.69, 9.17) is 66.3 Å². The van der Waals surface area contributed by atoms with Crippen LogP contribution in [0, 0.1) is 20.3 Å². The number of halogens is 3. The summed E-state index contributed by atoms with van der Waals surface area (Å²) in [6.07, 6.45) is 1.57. The average Bonchev–Trinajstić information content (AvgIpc) is 3.97. The van der Waals surface area contributed by atoms with E-state index in [-0.39, 0.29) is 93.1 Å². The highest BCUT2D eigenvalue weighted by molar-refractivity contribution is 8.07. The zero-order valence-corrected chi connectivity index (χ0v) is 45.9. The second-order valence-electron chi connectivity index (χ2n) is 17.9. The van der Waals surface area contributed by atoms with Crippen LogP contribution >= 0.6 is 34.8 Å². The molecule has 27 heteroatoms. The highest BCUT2D eigenvalue weighted by Crippen LogP contribution is 2.36. The fourth-order valence-electron chi connectivity index (χ4n) is 8.41. The molecule has 398 valence electrons. The summed E-state index contributed by atoms with van der Waals surface area (Å²) in [5.41, 5.74) is 21.6. The van der Waals surface area contributed by atoms with Gasteiger partial charge in [-0.3, -0.25) is 24.2 Å². The number of aliphatic imine (C=N–C) groups is 2. The molecule has 75 heavy (non-hydrogen) atoms. The molecule has 4 aliphatic heterocycles. The molecule has 9 N–H and O–H groups in total. The number of hydrogen-bond donors (Lipinski definition) is 6. The predicted octanol–water partition coefficient (Wildman–Crippen LogP) is 7.43. The fourth-order valence-corrected chi connectivity index (χ4v) is 12.5. The number of carbonyl (C=O) groups excluding carboxylic acids is 3. The van der Waals surface area contributed by atoms with Gasteiger partial charge in [-0.1, -0.05) is 92.0 Å². The first-order valence-electron chi connectivity index (χ1n) is 23.6. The largest absolute Gasteiger partial charge is 0.387 e. The van der Waals surface area contributed by atoms with E-state index in [0.717, 1.165) is 16.7 Å². The lowest BCUT2D eigenvalue weighted by Gasteiger charge is -2.28. The van der Waals surface area contributed by atoms with Crippen molar-refractivity contribution in [3.05, 3.63) is 116 Å². The number of likely N-dealkylation sites (tertiary alicyclic amines) is 1. The lowest BCUT2D eigenvalue weighted by Crippen LogP contribution is -2.42. The summed E-state index contributed by atoms with van der Waals surface area (Å²) < 4.78 is 61.6. The molecular formula is C48H56Cl3N15O6S3. The Labute approximate surface area is 450 Å². The summed E-state index contributed by atoms with van der Waals surface area (Å²) in [4.78, 5) is 66.9. The van der Waals surface area contributed by atoms with Gasteiger partial charge in [-0.15, -0.1) is 0 Å². The molecule has 3 unspecified atom stereocenters. The van der Waals surface area contributed by atoms with Gasteiger partial charge in [0.05, 0.1) is 31.8 Å². The van der Waals surface area contributed by atoms with Crippen molar-refractivity contribution in [2.45, 2.75) is 95.4 Å². The van der Waals surface area contributed by atoms with Crippen LogP contribution in [0.2, 0.25) is 15.1 Å². The Kier molecular flexibility index (Phi) is 17.5. The minimum atomic E-state index is -3.13. The van der Waals surface area contributed by atoms with E-state index in [2.05, 4.69) is 29.9 Å². The number of nitrogen functional groups attached to an aromatic ring is 2. The van der Waals surface area contributed by atoms with Crippen molar-refractivity contribution in [3.63, 3.8) is 0 Å². The standard InChI is InChI=1S/C16H20ClN5O2S.2C16H18ClN5O2S/c3*1-2-7-25(19,24)16-20-14(18)12-8-13(23)22(15(12)21-16)9-10-3-5-11(17)6-4-10/h3-6,12,15,19H,2,7-9H2,1H3,(H2,18,20,21);2*3-6,19H,2,7-9H2,1H3,(H2,18,20,21)/t;2*25-/m.10/s1. The minimum absolute atomic E-state index is 0.0519. The normalized spacial score (nSPS) is 19.0. The maximum Gasteiger partial charge on any atom is 0.233 e. The first-order chi connectivity index (χ1) is 35.4. The third kappa shape index (κ3) is 13.0. The summed E-state index contributed by atoms with van der Waals surface area (Å²) in [6, 6.07) is 21.5. The molecular weight excluding hydrogens is 1090 g/mol. The fraction of sp³-hybridized carbons (Fsp3) is 0.354. The number of aromatic nitrogens is 4. The second-order valence-corrected chi connectivity index (χ2v) is 25.6. The number of amides is 3. The van der Waals surface area contributed by atoms with Gasteiger partial charge in [0.1, 0.15) is 64.5 Å². The Morgan fingerprint density at radius 3 is 1.32 bits per heavy atom. The van der Waals surface area contributed by atoms with Gasteiger partial charge in [0.2, 0.25) is 33.2 Å². The van der Waals surface area contributed by atoms with Crippen molar-refractivity contribution in [2.24, 2.45) is 21.6 Å². The number of amidine groups is 2. The predicted molar refractivity (Wildman–Crippen MR) is 293 cm³/mol. The van der Waals surface area contributed by atoms with E-state index < -0.39 is 35.4 Å². The second kappa shape index (κ2) is 23.3. The Balaban J connectivity index is 0.000000164. The average molecular weight is 1140 g/mol. The molecule has 0 radical (unpaired) electrons. The van der Waals surface area contributed by atoms with Crippen LogP contribution in [0.4, 0.5) is 23.3 Å². The molecule has 6 heterocycles. The molecule has 1 fully saturated rings. The van der Waals surface area contributed by atoms with E-state index in [1.807, 2.05) is 57.2 Å². The number of carbonyl (C=O) groups is 3. The number of nitrogens with zero attached hydrogens (tertiary/aromatic N) is 9. The SMILES string of the molecule is CCCS(=N)(=O)C1=NC2C(CC(=O)N2Cc2ccc(Cl)cc2)C(N)=N1.CCC[S@@](=N)(=O)c1nc(N)c2c(n1)N(Cc1ccc(Cl)cc1)C(=O)C2.CCC[S@](=N)(=O)c1nc(N)c2c(n1)N(Cc1ccc(Cl)cc1)C(=O)C2. The number of nitrogens with two attached hydrogens (primary N) is 3. The van der Waals surface area contributed by atoms with Gasteiger partial charge < -0.3 is 22.1 Å². The maximum absolute atomic E-state index is 12.5. The molecule has 0 aliphatic carbocycles. The number of nitrogens with one attached hydrogen (secondary N) is 3. The van der Waals surface area contributed by atoms with Gasteiger partial charge >= 0.3 is 0 Å². The van der Waals surface area contributed by atoms with Crippen LogP contribution in [0.15, 0.2) is 93.1 Å². The molecule has 2 aromatic heterocycles. The van der Waals surface area contributed by atoms with Crippen LogP contribution in [-0.4, -0.2) is 89.6 Å². The number of benzene rings is 3. The van der Waals surface area contributed by atoms with Gasteiger partial charge in [-0.05, 0) is 72.4 Å². The third-order valence-electron chi connectivity index (χ3n) is 12.1. The van der Waals surface area contributed by atoms with Crippen LogP contribution in [-0.2, 0) is 76.0 Å². The number of rotatable bonds is 14. The van der Waals surface area contributed by atoms with Gasteiger partial charge in [-0.2, -0.15) is 0 Å². The molecule has 0 bridgehead atoms. The summed E-state index contributed by atoms with van der Waals surface area (Å²) in [6.45, 7) is 6.47. The summed E-state index contributed by atoms with van der Waals surface area (Å²) in [5.74, 6) is 0.893. The highest BCUT2D eigenvalue weighted by Gasteiger charge is 2.45. The van der Waals surface area contributed by atoms with E-state index in [1.54, 1.807) is 41.3 Å².